The zero-order valence-corrected chi connectivity index (χ0v) is 12.6. The topological polar surface area (TPSA) is 21.3 Å². The molecule has 102 valence electrons. The van der Waals surface area contributed by atoms with Gasteiger partial charge in [-0.2, -0.15) is 0 Å². The molecule has 0 aliphatic carbocycles. The summed E-state index contributed by atoms with van der Waals surface area (Å²) < 4.78 is 5.48. The van der Waals surface area contributed by atoms with E-state index < -0.39 is 0 Å². The van der Waals surface area contributed by atoms with E-state index in [-0.39, 0.29) is 5.60 Å². The fourth-order valence-electron chi connectivity index (χ4n) is 2.04. The van der Waals surface area contributed by atoms with Crippen LogP contribution in [0, 0.1) is 0 Å². The highest BCUT2D eigenvalue weighted by Gasteiger charge is 2.21. The summed E-state index contributed by atoms with van der Waals surface area (Å²) in [5.74, 6) is 0.429. The van der Waals surface area contributed by atoms with Crippen LogP contribution < -0.4 is 5.32 Å². The third-order valence-corrected chi connectivity index (χ3v) is 3.79. The number of methoxy groups -OCH3 is 1. The molecule has 0 aliphatic rings. The highest BCUT2D eigenvalue weighted by molar-refractivity contribution is 6.31. The molecule has 1 rings (SSSR count). The molecule has 1 unspecified atom stereocenters. The Morgan fingerprint density at radius 3 is 2.56 bits per heavy atom. The molecule has 1 atom stereocenters. The van der Waals surface area contributed by atoms with Gasteiger partial charge in [0.2, 0.25) is 0 Å². The maximum absolute atomic E-state index is 6.28. The molecule has 0 radical (unpaired) electrons. The van der Waals surface area contributed by atoms with Gasteiger partial charge in [-0.15, -0.1) is 0 Å². The first kappa shape index (κ1) is 15.5. The van der Waals surface area contributed by atoms with Crippen molar-refractivity contribution in [2.75, 3.05) is 20.7 Å². The normalized spacial score (nSPS) is 13.6. The number of benzene rings is 1. The molecule has 0 aliphatic heterocycles. The number of halogens is 1. The summed E-state index contributed by atoms with van der Waals surface area (Å²) in [7, 11) is 3.74. The molecule has 18 heavy (non-hydrogen) atoms. The molecule has 3 heteroatoms. The van der Waals surface area contributed by atoms with Crippen LogP contribution in [-0.4, -0.2) is 26.3 Å². The van der Waals surface area contributed by atoms with E-state index in [0.29, 0.717) is 5.92 Å². The first-order chi connectivity index (χ1) is 8.50. The minimum atomic E-state index is -0.0761. The predicted molar refractivity (Wildman–Crippen MR) is 78.4 cm³/mol. The molecule has 1 N–H and O–H groups in total. The lowest BCUT2D eigenvalue weighted by Crippen LogP contribution is -2.25. The average molecular weight is 270 g/mol. The highest BCUT2D eigenvalue weighted by Crippen LogP contribution is 2.30. The Kier molecular flexibility index (Phi) is 6.13. The van der Waals surface area contributed by atoms with E-state index in [1.807, 2.05) is 25.2 Å². The van der Waals surface area contributed by atoms with Crippen LogP contribution in [0.2, 0.25) is 5.02 Å². The first-order valence-corrected chi connectivity index (χ1v) is 6.82. The summed E-state index contributed by atoms with van der Waals surface area (Å²) in [6.45, 7) is 5.18. The van der Waals surface area contributed by atoms with Crippen LogP contribution >= 0.6 is 11.6 Å². The van der Waals surface area contributed by atoms with Gasteiger partial charge in [-0.05, 0) is 51.3 Å². The maximum atomic E-state index is 6.28. The quantitative estimate of drug-likeness (QED) is 0.812. The number of hydrogen-bond donors (Lipinski definition) is 1. The van der Waals surface area contributed by atoms with Gasteiger partial charge in [0.05, 0.1) is 5.60 Å². The molecule has 0 saturated heterocycles. The summed E-state index contributed by atoms with van der Waals surface area (Å²) in [6, 6.07) is 8.10. The van der Waals surface area contributed by atoms with Crippen LogP contribution in [0.3, 0.4) is 0 Å². The fraction of sp³-hybridized carbons (Fsp3) is 0.600. The third-order valence-electron chi connectivity index (χ3n) is 3.44. The Bertz CT molecular complexity index is 365. The van der Waals surface area contributed by atoms with Crippen molar-refractivity contribution in [2.45, 2.75) is 38.2 Å². The second-order valence-electron chi connectivity index (χ2n) is 5.28. The molecule has 2 nitrogen and oxygen atoms in total. The van der Waals surface area contributed by atoms with E-state index in [9.17, 15) is 0 Å². The molecule has 0 saturated carbocycles. The van der Waals surface area contributed by atoms with Crippen molar-refractivity contribution < 1.29 is 4.74 Å². The smallest absolute Gasteiger partial charge is 0.0623 e. The van der Waals surface area contributed by atoms with Crippen LogP contribution in [0.25, 0.3) is 0 Å². The second kappa shape index (κ2) is 7.13. The number of likely N-dealkylation sites (N-methyl/N-ethyl adjacent to an activating group) is 1. The van der Waals surface area contributed by atoms with Crippen LogP contribution in [0.1, 0.15) is 38.2 Å². The van der Waals surface area contributed by atoms with Crippen molar-refractivity contribution in [3.05, 3.63) is 34.9 Å². The van der Waals surface area contributed by atoms with Crippen LogP contribution in [0.5, 0.6) is 0 Å². The predicted octanol–water partition coefficient (Wildman–Crippen LogP) is 3.85. The zero-order chi connectivity index (χ0) is 13.6. The number of nitrogens with one attached hydrogen (secondary N) is 1. The summed E-state index contributed by atoms with van der Waals surface area (Å²) in [5.41, 5.74) is 1.15. The summed E-state index contributed by atoms with van der Waals surface area (Å²) in [4.78, 5) is 0. The standard InChI is InChI=1S/C15H24ClNO/c1-15(2,18-4)10-9-12(11-17-3)13-7-5-6-8-14(13)16/h5-8,12,17H,9-11H2,1-4H3. The van der Waals surface area contributed by atoms with E-state index in [1.54, 1.807) is 7.11 Å². The minimum Gasteiger partial charge on any atom is -0.379 e. The van der Waals surface area contributed by atoms with E-state index in [0.717, 1.165) is 24.4 Å². The van der Waals surface area contributed by atoms with E-state index in [2.05, 4.69) is 25.2 Å². The summed E-state index contributed by atoms with van der Waals surface area (Å²) in [6.07, 6.45) is 2.08. The van der Waals surface area contributed by atoms with Gasteiger partial charge in [0, 0.05) is 18.7 Å². The van der Waals surface area contributed by atoms with Gasteiger partial charge >= 0.3 is 0 Å². The van der Waals surface area contributed by atoms with Gasteiger partial charge in [0.15, 0.2) is 0 Å². The zero-order valence-electron chi connectivity index (χ0n) is 11.8. The second-order valence-corrected chi connectivity index (χ2v) is 5.69. The Balaban J connectivity index is 2.75. The van der Waals surface area contributed by atoms with Crippen molar-refractivity contribution in [2.24, 2.45) is 0 Å². The van der Waals surface area contributed by atoms with Crippen LogP contribution in [0.15, 0.2) is 24.3 Å². The largest absolute Gasteiger partial charge is 0.379 e. The highest BCUT2D eigenvalue weighted by atomic mass is 35.5. The number of rotatable bonds is 7. The lowest BCUT2D eigenvalue weighted by molar-refractivity contribution is 0.0124. The van der Waals surface area contributed by atoms with E-state index in [1.165, 1.54) is 5.56 Å². The fourth-order valence-corrected chi connectivity index (χ4v) is 2.33. The average Bonchev–Trinajstić information content (AvgIpc) is 2.35. The Morgan fingerprint density at radius 2 is 2.00 bits per heavy atom. The lowest BCUT2D eigenvalue weighted by atomic mass is 9.89. The Labute approximate surface area is 116 Å². The van der Waals surface area contributed by atoms with Crippen molar-refractivity contribution in [3.63, 3.8) is 0 Å². The molecule has 0 aromatic heterocycles. The Morgan fingerprint density at radius 1 is 1.33 bits per heavy atom. The van der Waals surface area contributed by atoms with Gasteiger partial charge in [0.1, 0.15) is 0 Å². The summed E-state index contributed by atoms with van der Waals surface area (Å²) >= 11 is 6.28. The molecule has 0 amide bonds. The van der Waals surface area contributed by atoms with Crippen LogP contribution in [0.4, 0.5) is 0 Å². The van der Waals surface area contributed by atoms with E-state index >= 15 is 0 Å². The molecule has 0 spiro atoms. The van der Waals surface area contributed by atoms with Gasteiger partial charge in [0.25, 0.3) is 0 Å². The lowest BCUT2D eigenvalue weighted by Gasteiger charge is -2.26. The van der Waals surface area contributed by atoms with Crippen molar-refractivity contribution in [1.29, 1.82) is 0 Å². The first-order valence-electron chi connectivity index (χ1n) is 6.44. The van der Waals surface area contributed by atoms with Gasteiger partial charge in [-0.25, -0.2) is 0 Å². The molecular formula is C15H24ClNO. The molecular weight excluding hydrogens is 246 g/mol. The molecule has 1 aromatic carbocycles. The number of ether oxygens (including phenoxy) is 1. The van der Waals surface area contributed by atoms with E-state index in [4.69, 9.17) is 16.3 Å². The maximum Gasteiger partial charge on any atom is 0.0623 e. The Hall–Kier alpha value is -0.570. The van der Waals surface area contributed by atoms with Crippen LogP contribution in [-0.2, 0) is 4.74 Å². The summed E-state index contributed by atoms with van der Waals surface area (Å²) in [5, 5.41) is 4.10. The monoisotopic (exact) mass is 269 g/mol. The van der Waals surface area contributed by atoms with Gasteiger partial charge in [-0.1, -0.05) is 29.8 Å². The SMILES string of the molecule is CNCC(CCC(C)(C)OC)c1ccccc1Cl. The molecule has 0 bridgehead atoms. The van der Waals surface area contributed by atoms with Gasteiger partial charge < -0.3 is 10.1 Å². The molecule has 0 fully saturated rings. The third kappa shape index (κ3) is 4.60. The van der Waals surface area contributed by atoms with Crippen molar-refractivity contribution >= 4 is 11.6 Å². The molecule has 0 heterocycles. The van der Waals surface area contributed by atoms with Crippen molar-refractivity contribution in [1.82, 2.24) is 5.32 Å². The number of hydrogen-bond acceptors (Lipinski definition) is 2. The van der Waals surface area contributed by atoms with Gasteiger partial charge in [-0.3, -0.25) is 0 Å². The minimum absolute atomic E-state index is 0.0761. The van der Waals surface area contributed by atoms with Crippen molar-refractivity contribution in [3.8, 4) is 0 Å². The molecule has 1 aromatic rings.